The van der Waals surface area contributed by atoms with Crippen LogP contribution in [0.4, 0.5) is 0 Å². The number of carbonyl (C=O) groups is 2. The van der Waals surface area contributed by atoms with E-state index in [4.69, 9.17) is 5.11 Å². The van der Waals surface area contributed by atoms with E-state index in [0.717, 1.165) is 25.7 Å². The number of aliphatic hydroxyl groups excluding tert-OH is 1. The topological polar surface area (TPSA) is 97.7 Å². The van der Waals surface area contributed by atoms with Crippen molar-refractivity contribution in [2.75, 3.05) is 32.8 Å². The molecule has 0 aliphatic heterocycles. The maximum atomic E-state index is 10.8. The van der Waals surface area contributed by atoms with Crippen molar-refractivity contribution in [2.45, 2.75) is 45.4 Å². The summed E-state index contributed by atoms with van der Waals surface area (Å²) < 4.78 is 0.318. The Balaban J connectivity index is 0. The number of aliphatic carboxylic acids is 2. The average Bonchev–Trinajstić information content (AvgIpc) is 2.46. The van der Waals surface area contributed by atoms with Gasteiger partial charge in [-0.15, -0.1) is 0 Å². The standard InChI is InChI=1S/C16H29NO5.Na/c1-2-3-4-5-6-7-10-17(13-14-18,11-8-15(19)20)12-9-16(21)22;/h4-5,18H,2-3,6-14H2,1H3,(H-,19,20,21,22);/q;+1/b5-4+;. The van der Waals surface area contributed by atoms with Crippen molar-refractivity contribution in [1.82, 2.24) is 0 Å². The van der Waals surface area contributed by atoms with E-state index in [1.807, 2.05) is 0 Å². The molecule has 0 aromatic rings. The summed E-state index contributed by atoms with van der Waals surface area (Å²) in [6.07, 6.45) is 7.94. The van der Waals surface area contributed by atoms with Crippen molar-refractivity contribution in [3.63, 3.8) is 0 Å². The molecule has 0 aromatic carbocycles. The van der Waals surface area contributed by atoms with Gasteiger partial charge < -0.3 is 24.6 Å². The van der Waals surface area contributed by atoms with E-state index in [0.29, 0.717) is 30.7 Å². The molecule has 0 aliphatic carbocycles. The number of carboxylic acids is 2. The predicted molar refractivity (Wildman–Crippen MR) is 82.0 cm³/mol. The summed E-state index contributed by atoms with van der Waals surface area (Å²) >= 11 is 0. The van der Waals surface area contributed by atoms with Gasteiger partial charge in [-0.2, -0.15) is 0 Å². The van der Waals surface area contributed by atoms with Crippen molar-refractivity contribution in [2.24, 2.45) is 0 Å². The molecule has 1 atom stereocenters. The number of aliphatic hydroxyl groups is 1. The Labute approximate surface area is 161 Å². The van der Waals surface area contributed by atoms with Crippen LogP contribution >= 0.6 is 0 Å². The molecule has 0 rings (SSSR count). The number of rotatable bonds is 14. The van der Waals surface area contributed by atoms with Gasteiger partial charge in [0.05, 0.1) is 32.7 Å². The van der Waals surface area contributed by atoms with E-state index < -0.39 is 11.9 Å². The molecule has 6 nitrogen and oxygen atoms in total. The number of unbranched alkanes of at least 4 members (excludes halogenated alkanes) is 2. The molecule has 23 heavy (non-hydrogen) atoms. The fourth-order valence-electron chi connectivity index (χ4n) is 2.49. The van der Waals surface area contributed by atoms with Crippen LogP contribution in [0.25, 0.3) is 0 Å². The fraction of sp³-hybridized carbons (Fsp3) is 0.750. The molecule has 2 N–H and O–H groups in total. The van der Waals surface area contributed by atoms with Crippen molar-refractivity contribution < 1.29 is 58.9 Å². The second-order valence-corrected chi connectivity index (χ2v) is 5.63. The molecule has 0 heterocycles. The molecule has 0 saturated heterocycles. The Morgan fingerprint density at radius 1 is 1.04 bits per heavy atom. The number of hydrogen-bond acceptors (Lipinski definition) is 4. The zero-order chi connectivity index (χ0) is 16.8. The molecule has 1 unspecified atom stereocenters. The molecule has 0 amide bonds. The van der Waals surface area contributed by atoms with E-state index in [1.54, 1.807) is 0 Å². The molecule has 0 bridgehead atoms. The van der Waals surface area contributed by atoms with Gasteiger partial charge in [0.25, 0.3) is 0 Å². The van der Waals surface area contributed by atoms with Crippen LogP contribution in [0.1, 0.15) is 45.4 Å². The normalized spacial score (nSPS) is 13.5. The van der Waals surface area contributed by atoms with E-state index in [2.05, 4.69) is 19.1 Å². The summed E-state index contributed by atoms with van der Waals surface area (Å²) in [4.78, 5) is 21.5. The largest absolute Gasteiger partial charge is 1.00 e. The third kappa shape index (κ3) is 13.7. The first-order valence-corrected chi connectivity index (χ1v) is 7.98. The van der Waals surface area contributed by atoms with Crippen molar-refractivity contribution in [3.05, 3.63) is 12.2 Å². The average molecular weight is 338 g/mol. The van der Waals surface area contributed by atoms with Crippen molar-refractivity contribution in [3.8, 4) is 0 Å². The first-order valence-electron chi connectivity index (χ1n) is 7.98. The van der Waals surface area contributed by atoms with Gasteiger partial charge in [0.1, 0.15) is 6.54 Å². The van der Waals surface area contributed by atoms with Crippen LogP contribution in [0.3, 0.4) is 0 Å². The van der Waals surface area contributed by atoms with Gasteiger partial charge in [-0.3, -0.25) is 4.79 Å². The molecular weight excluding hydrogens is 309 g/mol. The van der Waals surface area contributed by atoms with Crippen LogP contribution in [0.2, 0.25) is 0 Å². The first kappa shape index (κ1) is 24.8. The Bertz CT molecular complexity index is 342. The Kier molecular flexibility index (Phi) is 16.4. The number of nitrogens with zero attached hydrogens (tertiary/aromatic N) is 1. The van der Waals surface area contributed by atoms with E-state index in [1.165, 1.54) is 0 Å². The molecule has 0 saturated carbocycles. The number of allylic oxidation sites excluding steroid dienone is 2. The van der Waals surface area contributed by atoms with E-state index in [-0.39, 0.29) is 49.0 Å². The number of carboxylic acid groups (broad SMARTS) is 2. The maximum absolute atomic E-state index is 10.8. The zero-order valence-electron chi connectivity index (χ0n) is 14.5. The van der Waals surface area contributed by atoms with Crippen LogP contribution in [0, 0.1) is 0 Å². The molecule has 0 aromatic heterocycles. The number of hydrogen-bond donors (Lipinski definition) is 2. The Morgan fingerprint density at radius 2 is 1.65 bits per heavy atom. The van der Waals surface area contributed by atoms with Gasteiger partial charge >= 0.3 is 35.5 Å². The summed E-state index contributed by atoms with van der Waals surface area (Å²) in [7, 11) is 0. The second-order valence-electron chi connectivity index (χ2n) is 5.63. The molecule has 0 fully saturated rings. The van der Waals surface area contributed by atoms with Gasteiger partial charge in [-0.05, 0) is 12.8 Å². The van der Waals surface area contributed by atoms with Crippen molar-refractivity contribution in [1.29, 1.82) is 0 Å². The summed E-state index contributed by atoms with van der Waals surface area (Å²) in [6, 6.07) is 0. The fourth-order valence-corrected chi connectivity index (χ4v) is 2.49. The quantitative estimate of drug-likeness (QED) is 0.159. The third-order valence-electron chi connectivity index (χ3n) is 3.79. The van der Waals surface area contributed by atoms with Gasteiger partial charge in [-0.25, -0.2) is 0 Å². The summed E-state index contributed by atoms with van der Waals surface area (Å²) in [5.74, 6) is -2.05. The number of carbonyl (C=O) groups excluding carboxylic acids is 1. The molecule has 128 valence electrons. The first-order chi connectivity index (χ1) is 10.5. The monoisotopic (exact) mass is 338 g/mol. The second kappa shape index (κ2) is 15.1. The van der Waals surface area contributed by atoms with Crippen LogP contribution in [-0.4, -0.2) is 59.4 Å². The van der Waals surface area contributed by atoms with Crippen LogP contribution in [0.5, 0.6) is 0 Å². The molecule has 0 radical (unpaired) electrons. The molecule has 0 aliphatic rings. The minimum atomic E-state index is -1.14. The van der Waals surface area contributed by atoms with E-state index >= 15 is 0 Å². The van der Waals surface area contributed by atoms with Gasteiger partial charge in [0, 0.05) is 18.8 Å². The summed E-state index contributed by atoms with van der Waals surface area (Å²) in [5.41, 5.74) is 0. The Hall–Kier alpha value is -0.400. The van der Waals surface area contributed by atoms with Gasteiger partial charge in [0.15, 0.2) is 0 Å². The number of quaternary nitrogens is 1. The molecular formula is C16H29NNaO5+. The van der Waals surface area contributed by atoms with Crippen molar-refractivity contribution >= 4 is 11.9 Å². The molecule has 0 spiro atoms. The summed E-state index contributed by atoms with van der Waals surface area (Å²) in [5, 5.41) is 28.9. The third-order valence-corrected chi connectivity index (χ3v) is 3.79. The minimum absolute atomic E-state index is 0. The van der Waals surface area contributed by atoms with Gasteiger partial charge in [0.2, 0.25) is 0 Å². The smallest absolute Gasteiger partial charge is 0.550 e. The zero-order valence-corrected chi connectivity index (χ0v) is 16.5. The minimum Gasteiger partial charge on any atom is -0.550 e. The summed E-state index contributed by atoms with van der Waals surface area (Å²) in [6.45, 7) is 3.70. The maximum Gasteiger partial charge on any atom is 1.00 e. The van der Waals surface area contributed by atoms with Crippen LogP contribution in [-0.2, 0) is 9.59 Å². The van der Waals surface area contributed by atoms with E-state index in [9.17, 15) is 19.8 Å². The molecule has 7 heteroatoms. The van der Waals surface area contributed by atoms with Crippen LogP contribution < -0.4 is 34.7 Å². The van der Waals surface area contributed by atoms with Crippen LogP contribution in [0.15, 0.2) is 12.2 Å². The SMILES string of the molecule is CCC/C=C/CCC[N+](CCO)(CCC(=O)[O-])CCC(=O)O.[Na+]. The van der Waals surface area contributed by atoms with Gasteiger partial charge in [-0.1, -0.05) is 25.5 Å². The Morgan fingerprint density at radius 3 is 2.17 bits per heavy atom. The predicted octanol–water partition coefficient (Wildman–Crippen LogP) is -2.45.